The first kappa shape index (κ1) is 19.6. The van der Waals surface area contributed by atoms with Crippen LogP contribution in [0.4, 0.5) is 13.2 Å². The van der Waals surface area contributed by atoms with Gasteiger partial charge in [0.05, 0.1) is 12.8 Å². The van der Waals surface area contributed by atoms with Crippen molar-refractivity contribution in [2.24, 2.45) is 0 Å². The first-order chi connectivity index (χ1) is 13.8. The molecule has 10 heteroatoms. The molecule has 3 aromatic heterocycles. The Hall–Kier alpha value is -2.75. The van der Waals surface area contributed by atoms with Crippen molar-refractivity contribution in [3.05, 3.63) is 47.2 Å². The van der Waals surface area contributed by atoms with Crippen LogP contribution in [0.5, 0.6) is 6.01 Å². The molecule has 1 fully saturated rings. The maximum atomic E-state index is 13.5. The highest BCUT2D eigenvalue weighted by molar-refractivity contribution is 5.42. The summed E-state index contributed by atoms with van der Waals surface area (Å²) >= 11 is 0. The number of halogens is 3. The molecule has 0 N–H and O–H groups in total. The number of aromatic nitrogens is 5. The minimum absolute atomic E-state index is 0.0142. The molecule has 0 radical (unpaired) electrons. The van der Waals surface area contributed by atoms with E-state index < -0.39 is 11.9 Å². The first-order valence-electron chi connectivity index (χ1n) is 9.35. The van der Waals surface area contributed by atoms with Crippen LogP contribution >= 0.6 is 0 Å². The molecule has 0 bridgehead atoms. The molecule has 7 nitrogen and oxygen atoms in total. The predicted octanol–water partition coefficient (Wildman–Crippen LogP) is 3.23. The Labute approximate surface area is 165 Å². The molecular formula is C19H21F3N6O. The van der Waals surface area contributed by atoms with E-state index in [-0.39, 0.29) is 11.6 Å². The fraction of sp³-hybridized carbons (Fsp3) is 0.474. The molecule has 1 aliphatic rings. The van der Waals surface area contributed by atoms with Gasteiger partial charge in [-0.15, -0.1) is 0 Å². The van der Waals surface area contributed by atoms with E-state index in [1.165, 1.54) is 7.11 Å². The van der Waals surface area contributed by atoms with Gasteiger partial charge in [0.1, 0.15) is 5.69 Å². The fourth-order valence-electron chi connectivity index (χ4n) is 3.69. The highest BCUT2D eigenvalue weighted by atomic mass is 19.4. The number of fused-ring (bicyclic) bond motifs is 1. The van der Waals surface area contributed by atoms with Crippen LogP contribution in [0.2, 0.25) is 0 Å². The maximum absolute atomic E-state index is 13.5. The van der Waals surface area contributed by atoms with Gasteiger partial charge in [-0.05, 0) is 38.9 Å². The molecule has 29 heavy (non-hydrogen) atoms. The molecule has 0 aromatic carbocycles. The van der Waals surface area contributed by atoms with Crippen LogP contribution in [0.15, 0.2) is 24.5 Å². The number of likely N-dealkylation sites (tertiary alicyclic amines) is 1. The molecular weight excluding hydrogens is 385 g/mol. The van der Waals surface area contributed by atoms with E-state index in [9.17, 15) is 13.2 Å². The van der Waals surface area contributed by atoms with Crippen LogP contribution < -0.4 is 4.74 Å². The Bertz CT molecular complexity index is 994. The van der Waals surface area contributed by atoms with E-state index in [2.05, 4.69) is 25.0 Å². The zero-order valence-corrected chi connectivity index (χ0v) is 16.1. The summed E-state index contributed by atoms with van der Waals surface area (Å²) in [5, 5.41) is 3.94. The highest BCUT2D eigenvalue weighted by Crippen LogP contribution is 2.34. The molecule has 0 atom stereocenters. The number of piperidine rings is 1. The summed E-state index contributed by atoms with van der Waals surface area (Å²) in [5.74, 6) is -0.0142. The van der Waals surface area contributed by atoms with Gasteiger partial charge in [0.15, 0.2) is 5.65 Å². The number of nitrogens with zero attached hydrogens (tertiary/aromatic N) is 6. The molecule has 0 saturated carbocycles. The summed E-state index contributed by atoms with van der Waals surface area (Å²) in [6, 6.07) is 3.05. The van der Waals surface area contributed by atoms with Crippen LogP contribution in [0.3, 0.4) is 0 Å². The second-order valence-electron chi connectivity index (χ2n) is 7.25. The van der Waals surface area contributed by atoms with Crippen molar-refractivity contribution in [3.8, 4) is 6.01 Å². The zero-order valence-electron chi connectivity index (χ0n) is 16.1. The summed E-state index contributed by atoms with van der Waals surface area (Å²) < 4.78 is 46.4. The quantitative estimate of drug-likeness (QED) is 0.663. The van der Waals surface area contributed by atoms with Gasteiger partial charge >= 0.3 is 12.2 Å². The van der Waals surface area contributed by atoms with Gasteiger partial charge < -0.3 is 4.74 Å². The normalized spacial score (nSPS) is 16.4. The number of aryl methyl sites for hydroxylation is 1. The summed E-state index contributed by atoms with van der Waals surface area (Å²) in [4.78, 5) is 14.9. The molecule has 0 aliphatic carbocycles. The Morgan fingerprint density at radius 3 is 2.45 bits per heavy atom. The standard InChI is InChI=1S/C19H21F3N6O/c1-12-7-17-25-15(8-16(19(20,21)22)28(17)26-12)14-3-5-27(6-4-14)11-13-9-23-18(29-2)24-10-13/h7-10,14H,3-6,11H2,1-2H3. The van der Waals surface area contributed by atoms with Crippen molar-refractivity contribution in [1.82, 2.24) is 29.5 Å². The average molecular weight is 406 g/mol. The minimum atomic E-state index is -4.48. The van der Waals surface area contributed by atoms with Gasteiger partial charge in [-0.1, -0.05) is 0 Å². The number of hydrogen-bond donors (Lipinski definition) is 0. The highest BCUT2D eigenvalue weighted by Gasteiger charge is 2.36. The Morgan fingerprint density at radius 2 is 1.83 bits per heavy atom. The van der Waals surface area contributed by atoms with Crippen molar-refractivity contribution in [3.63, 3.8) is 0 Å². The first-order valence-corrected chi connectivity index (χ1v) is 9.35. The Morgan fingerprint density at radius 1 is 1.14 bits per heavy atom. The zero-order chi connectivity index (χ0) is 20.6. The summed E-state index contributed by atoms with van der Waals surface area (Å²) in [6.45, 7) is 3.89. The van der Waals surface area contributed by atoms with Crippen LogP contribution in [-0.4, -0.2) is 49.7 Å². The molecule has 1 saturated heterocycles. The van der Waals surface area contributed by atoms with Crippen molar-refractivity contribution in [2.75, 3.05) is 20.2 Å². The van der Waals surface area contributed by atoms with Gasteiger partial charge in [-0.3, -0.25) is 4.90 Å². The van der Waals surface area contributed by atoms with Crippen LogP contribution in [0.25, 0.3) is 5.65 Å². The summed E-state index contributed by atoms with van der Waals surface area (Å²) in [6.07, 6.45) is 0.453. The third kappa shape index (κ3) is 4.16. The largest absolute Gasteiger partial charge is 0.467 e. The summed E-state index contributed by atoms with van der Waals surface area (Å²) in [5.41, 5.74) is 1.43. The lowest BCUT2D eigenvalue weighted by Crippen LogP contribution is -2.33. The average Bonchev–Trinajstić information content (AvgIpc) is 3.07. The van der Waals surface area contributed by atoms with E-state index in [1.54, 1.807) is 25.4 Å². The van der Waals surface area contributed by atoms with Gasteiger partial charge in [-0.2, -0.15) is 18.3 Å². The lowest BCUT2D eigenvalue weighted by atomic mass is 9.92. The van der Waals surface area contributed by atoms with Crippen LogP contribution in [0.1, 0.15) is 41.4 Å². The van der Waals surface area contributed by atoms with Crippen LogP contribution in [0, 0.1) is 6.92 Å². The molecule has 0 amide bonds. The Balaban J connectivity index is 1.48. The van der Waals surface area contributed by atoms with Gasteiger partial charge in [0, 0.05) is 42.2 Å². The molecule has 4 heterocycles. The molecule has 154 valence electrons. The topological polar surface area (TPSA) is 68.4 Å². The molecule has 4 rings (SSSR count). The number of rotatable bonds is 4. The molecule has 1 aliphatic heterocycles. The SMILES string of the molecule is COc1ncc(CN2CCC(c3cc(C(F)(F)F)n4nc(C)cc4n3)CC2)cn1. The van der Waals surface area contributed by atoms with E-state index in [0.717, 1.165) is 42.1 Å². The third-order valence-corrected chi connectivity index (χ3v) is 5.14. The smallest absolute Gasteiger partial charge is 0.433 e. The third-order valence-electron chi connectivity index (χ3n) is 5.14. The molecule has 3 aromatic rings. The van der Waals surface area contributed by atoms with E-state index in [0.29, 0.717) is 23.9 Å². The van der Waals surface area contributed by atoms with E-state index in [4.69, 9.17) is 4.74 Å². The monoisotopic (exact) mass is 406 g/mol. The predicted molar refractivity (Wildman–Crippen MR) is 98.6 cm³/mol. The van der Waals surface area contributed by atoms with E-state index in [1.807, 2.05) is 0 Å². The lowest BCUT2D eigenvalue weighted by Gasteiger charge is -2.31. The second-order valence-corrected chi connectivity index (χ2v) is 7.25. The number of methoxy groups -OCH3 is 1. The summed E-state index contributed by atoms with van der Waals surface area (Å²) in [7, 11) is 1.51. The number of ether oxygens (including phenoxy) is 1. The van der Waals surface area contributed by atoms with E-state index >= 15 is 0 Å². The number of alkyl halides is 3. The molecule has 0 spiro atoms. The van der Waals surface area contributed by atoms with Crippen molar-refractivity contribution in [2.45, 2.75) is 38.4 Å². The van der Waals surface area contributed by atoms with Gasteiger partial charge in [-0.25, -0.2) is 19.5 Å². The van der Waals surface area contributed by atoms with Crippen molar-refractivity contribution in [1.29, 1.82) is 0 Å². The lowest BCUT2D eigenvalue weighted by molar-refractivity contribution is -0.142. The number of hydrogen-bond acceptors (Lipinski definition) is 6. The Kier molecular flexibility index (Phi) is 5.12. The van der Waals surface area contributed by atoms with Gasteiger partial charge in [0.25, 0.3) is 0 Å². The van der Waals surface area contributed by atoms with Crippen molar-refractivity contribution < 1.29 is 17.9 Å². The second kappa shape index (κ2) is 7.58. The molecule has 0 unspecified atom stereocenters. The van der Waals surface area contributed by atoms with Crippen molar-refractivity contribution >= 4 is 5.65 Å². The minimum Gasteiger partial charge on any atom is -0.467 e. The maximum Gasteiger partial charge on any atom is 0.433 e. The fourth-order valence-corrected chi connectivity index (χ4v) is 3.69. The van der Waals surface area contributed by atoms with Crippen LogP contribution in [-0.2, 0) is 12.7 Å². The van der Waals surface area contributed by atoms with Gasteiger partial charge in [0.2, 0.25) is 0 Å².